The Kier molecular flexibility index (Phi) is 3.85. The average Bonchev–Trinajstić information content (AvgIpc) is 2.75. The van der Waals surface area contributed by atoms with Crippen LogP contribution in [-0.2, 0) is 6.42 Å². The van der Waals surface area contributed by atoms with Crippen LogP contribution >= 0.6 is 22.9 Å². The van der Waals surface area contributed by atoms with Gasteiger partial charge >= 0.3 is 0 Å². The summed E-state index contributed by atoms with van der Waals surface area (Å²) in [7, 11) is 0. The Balaban J connectivity index is 2.18. The van der Waals surface area contributed by atoms with Gasteiger partial charge in [-0.25, -0.2) is 0 Å². The predicted octanol–water partition coefficient (Wildman–Crippen LogP) is 3.08. The highest BCUT2D eigenvalue weighted by molar-refractivity contribution is 7.14. The first-order valence-corrected chi connectivity index (χ1v) is 6.46. The maximum Gasteiger partial charge on any atom is 0.147 e. The molecule has 2 heterocycles. The third-order valence-electron chi connectivity index (χ3n) is 2.13. The van der Waals surface area contributed by atoms with Crippen molar-refractivity contribution >= 4 is 22.9 Å². The number of nitrogens with zero attached hydrogens (tertiary/aromatic N) is 3. The Morgan fingerprint density at radius 2 is 2.25 bits per heavy atom. The zero-order chi connectivity index (χ0) is 11.4. The number of halogens is 1. The Bertz CT molecular complexity index is 470. The Morgan fingerprint density at radius 3 is 3.00 bits per heavy atom. The van der Waals surface area contributed by atoms with Gasteiger partial charge < -0.3 is 0 Å². The van der Waals surface area contributed by atoms with Crippen molar-refractivity contribution in [2.75, 3.05) is 5.88 Å². The summed E-state index contributed by atoms with van der Waals surface area (Å²) in [6.07, 6.45) is 3.65. The van der Waals surface area contributed by atoms with E-state index in [0.29, 0.717) is 5.88 Å². The number of hydrogen-bond acceptors (Lipinski definition) is 4. The number of alkyl halides is 1. The molecule has 0 bridgehead atoms. The molecule has 0 aliphatic heterocycles. The van der Waals surface area contributed by atoms with Gasteiger partial charge in [-0.3, -0.25) is 4.98 Å². The molecule has 0 radical (unpaired) electrons. The van der Waals surface area contributed by atoms with Gasteiger partial charge in [0.2, 0.25) is 0 Å². The molecule has 2 rings (SSSR count). The normalized spacial score (nSPS) is 10.6. The van der Waals surface area contributed by atoms with Gasteiger partial charge in [-0.1, -0.05) is 11.3 Å². The van der Waals surface area contributed by atoms with E-state index in [9.17, 15) is 0 Å². The highest BCUT2D eigenvalue weighted by atomic mass is 35.5. The van der Waals surface area contributed by atoms with Crippen LogP contribution in [0.2, 0.25) is 0 Å². The number of aromatic nitrogens is 3. The molecule has 16 heavy (non-hydrogen) atoms. The standard InChI is InChI=1S/C11H12ClN3S/c1-8-7-9(4-6-13-8)11-15-14-10(16-11)3-2-5-12/h4,6-7H,2-3,5H2,1H3. The summed E-state index contributed by atoms with van der Waals surface area (Å²) < 4.78 is 0. The van der Waals surface area contributed by atoms with Crippen LogP contribution in [0.25, 0.3) is 10.6 Å². The molecular formula is C11H12ClN3S. The molecular weight excluding hydrogens is 242 g/mol. The number of pyridine rings is 1. The molecule has 0 saturated heterocycles. The van der Waals surface area contributed by atoms with Gasteiger partial charge in [0.1, 0.15) is 10.0 Å². The lowest BCUT2D eigenvalue weighted by molar-refractivity contribution is 0.884. The summed E-state index contributed by atoms with van der Waals surface area (Å²) in [4.78, 5) is 4.16. The molecule has 2 aromatic heterocycles. The Hall–Kier alpha value is -1.000. The molecule has 0 unspecified atom stereocenters. The summed E-state index contributed by atoms with van der Waals surface area (Å²) in [5.74, 6) is 0.670. The molecule has 0 aliphatic rings. The summed E-state index contributed by atoms with van der Waals surface area (Å²) in [5, 5.41) is 10.3. The Labute approximate surface area is 104 Å². The molecule has 0 spiro atoms. The van der Waals surface area contributed by atoms with E-state index in [-0.39, 0.29) is 0 Å². The summed E-state index contributed by atoms with van der Waals surface area (Å²) in [6.45, 7) is 1.97. The summed E-state index contributed by atoms with van der Waals surface area (Å²) in [6, 6.07) is 3.98. The second-order valence-corrected chi connectivity index (χ2v) is 4.92. The van der Waals surface area contributed by atoms with E-state index >= 15 is 0 Å². The summed E-state index contributed by atoms with van der Waals surface area (Å²) in [5.41, 5.74) is 2.08. The SMILES string of the molecule is Cc1cc(-c2nnc(CCCCl)s2)ccn1. The molecule has 0 fully saturated rings. The van der Waals surface area contributed by atoms with E-state index in [2.05, 4.69) is 15.2 Å². The van der Waals surface area contributed by atoms with Crippen molar-refractivity contribution in [3.8, 4) is 10.6 Å². The topological polar surface area (TPSA) is 38.7 Å². The molecule has 84 valence electrons. The molecule has 5 heteroatoms. The maximum atomic E-state index is 5.64. The second-order valence-electron chi connectivity index (χ2n) is 3.48. The first kappa shape index (κ1) is 11.5. The van der Waals surface area contributed by atoms with Crippen molar-refractivity contribution in [2.45, 2.75) is 19.8 Å². The summed E-state index contributed by atoms with van der Waals surface area (Å²) >= 11 is 7.27. The van der Waals surface area contributed by atoms with Crippen LogP contribution in [0.4, 0.5) is 0 Å². The minimum atomic E-state index is 0.670. The monoisotopic (exact) mass is 253 g/mol. The zero-order valence-corrected chi connectivity index (χ0v) is 10.6. The molecule has 0 amide bonds. The van der Waals surface area contributed by atoms with Crippen LogP contribution < -0.4 is 0 Å². The van der Waals surface area contributed by atoms with E-state index in [0.717, 1.165) is 34.1 Å². The third-order valence-corrected chi connectivity index (χ3v) is 3.43. The number of rotatable bonds is 4. The molecule has 3 nitrogen and oxygen atoms in total. The van der Waals surface area contributed by atoms with Crippen LogP contribution in [0.1, 0.15) is 17.1 Å². The quantitative estimate of drug-likeness (QED) is 0.786. The fraction of sp³-hybridized carbons (Fsp3) is 0.364. The largest absolute Gasteiger partial charge is 0.262 e. The van der Waals surface area contributed by atoms with Crippen molar-refractivity contribution in [3.05, 3.63) is 29.0 Å². The lowest BCUT2D eigenvalue weighted by atomic mass is 10.2. The third kappa shape index (κ3) is 2.77. The van der Waals surface area contributed by atoms with Gasteiger partial charge in [-0.05, 0) is 25.5 Å². The van der Waals surface area contributed by atoms with Gasteiger partial charge in [0.05, 0.1) is 0 Å². The van der Waals surface area contributed by atoms with E-state index in [1.165, 1.54) is 0 Å². The van der Waals surface area contributed by atoms with Crippen molar-refractivity contribution in [2.24, 2.45) is 0 Å². The highest BCUT2D eigenvalue weighted by Gasteiger charge is 2.06. The number of hydrogen-bond donors (Lipinski definition) is 0. The van der Waals surface area contributed by atoms with E-state index in [1.807, 2.05) is 19.1 Å². The Morgan fingerprint density at radius 1 is 1.38 bits per heavy atom. The maximum absolute atomic E-state index is 5.64. The van der Waals surface area contributed by atoms with Crippen LogP contribution in [0.3, 0.4) is 0 Å². The molecule has 0 aliphatic carbocycles. The first-order chi connectivity index (χ1) is 7.79. The predicted molar refractivity (Wildman–Crippen MR) is 66.9 cm³/mol. The fourth-order valence-corrected chi connectivity index (χ4v) is 2.38. The smallest absolute Gasteiger partial charge is 0.147 e. The van der Waals surface area contributed by atoms with Gasteiger partial charge in [0.15, 0.2) is 0 Å². The van der Waals surface area contributed by atoms with E-state index < -0.39 is 0 Å². The molecule has 0 aromatic carbocycles. The van der Waals surface area contributed by atoms with E-state index in [4.69, 9.17) is 11.6 Å². The van der Waals surface area contributed by atoms with Gasteiger partial charge in [-0.2, -0.15) is 0 Å². The molecule has 0 atom stereocenters. The average molecular weight is 254 g/mol. The zero-order valence-electron chi connectivity index (χ0n) is 8.98. The van der Waals surface area contributed by atoms with Crippen molar-refractivity contribution < 1.29 is 0 Å². The van der Waals surface area contributed by atoms with Gasteiger partial charge in [0, 0.05) is 29.8 Å². The van der Waals surface area contributed by atoms with E-state index in [1.54, 1.807) is 17.5 Å². The minimum absolute atomic E-state index is 0.670. The molecule has 0 saturated carbocycles. The lowest BCUT2D eigenvalue weighted by Gasteiger charge is -1.95. The van der Waals surface area contributed by atoms with Crippen LogP contribution in [-0.4, -0.2) is 21.1 Å². The minimum Gasteiger partial charge on any atom is -0.262 e. The molecule has 2 aromatic rings. The van der Waals surface area contributed by atoms with Gasteiger partial charge in [-0.15, -0.1) is 21.8 Å². The van der Waals surface area contributed by atoms with Crippen LogP contribution in [0.15, 0.2) is 18.3 Å². The van der Waals surface area contributed by atoms with Crippen molar-refractivity contribution in [1.82, 2.24) is 15.2 Å². The van der Waals surface area contributed by atoms with Crippen LogP contribution in [0.5, 0.6) is 0 Å². The first-order valence-electron chi connectivity index (χ1n) is 5.11. The van der Waals surface area contributed by atoms with Crippen molar-refractivity contribution in [1.29, 1.82) is 0 Å². The molecule has 0 N–H and O–H groups in total. The lowest BCUT2D eigenvalue weighted by Crippen LogP contribution is -1.84. The fourth-order valence-electron chi connectivity index (χ4n) is 1.37. The second kappa shape index (κ2) is 5.37. The van der Waals surface area contributed by atoms with Gasteiger partial charge in [0.25, 0.3) is 0 Å². The highest BCUT2D eigenvalue weighted by Crippen LogP contribution is 2.24. The van der Waals surface area contributed by atoms with Crippen molar-refractivity contribution in [3.63, 3.8) is 0 Å². The number of aryl methyl sites for hydroxylation is 2. The van der Waals surface area contributed by atoms with Crippen LogP contribution in [0, 0.1) is 6.92 Å².